The van der Waals surface area contributed by atoms with Crippen molar-refractivity contribution in [1.82, 2.24) is 0 Å². The SMILES string of the molecule is Cc1cc(Cc2ccc(N=C=S)c(C)c2)ccc1N=C=S. The molecule has 0 bridgehead atoms. The van der Waals surface area contributed by atoms with Gasteiger partial charge in [0.05, 0.1) is 21.7 Å². The predicted octanol–water partition coefficient (Wildman–Crippen LogP) is 5.36. The molecule has 0 saturated carbocycles. The van der Waals surface area contributed by atoms with Crippen molar-refractivity contribution in [2.75, 3.05) is 0 Å². The van der Waals surface area contributed by atoms with E-state index in [1.165, 1.54) is 11.1 Å². The molecule has 0 atom stereocenters. The second-order valence-electron chi connectivity index (χ2n) is 4.82. The third-order valence-corrected chi connectivity index (χ3v) is 3.45. The summed E-state index contributed by atoms with van der Waals surface area (Å²) in [6.07, 6.45) is 0.866. The molecule has 0 spiro atoms. The van der Waals surface area contributed by atoms with Crippen LogP contribution in [0.4, 0.5) is 11.4 Å². The summed E-state index contributed by atoms with van der Waals surface area (Å²) in [5.41, 5.74) is 6.42. The van der Waals surface area contributed by atoms with E-state index < -0.39 is 0 Å². The highest BCUT2D eigenvalue weighted by Crippen LogP contribution is 2.23. The van der Waals surface area contributed by atoms with Crippen LogP contribution in [0.3, 0.4) is 0 Å². The van der Waals surface area contributed by atoms with Crippen molar-refractivity contribution in [3.05, 3.63) is 58.7 Å². The zero-order chi connectivity index (χ0) is 15.2. The van der Waals surface area contributed by atoms with E-state index >= 15 is 0 Å². The first-order valence-corrected chi connectivity index (χ1v) is 7.30. The van der Waals surface area contributed by atoms with Gasteiger partial charge in [0, 0.05) is 0 Å². The summed E-state index contributed by atoms with van der Waals surface area (Å²) in [6.45, 7) is 4.05. The van der Waals surface area contributed by atoms with Crippen LogP contribution in [0.25, 0.3) is 0 Å². The Hall–Kier alpha value is -1.96. The molecular formula is C17H14N2S2. The topological polar surface area (TPSA) is 24.7 Å². The van der Waals surface area contributed by atoms with Crippen LogP contribution in [0, 0.1) is 13.8 Å². The Bertz CT molecular complexity index is 703. The molecule has 0 unspecified atom stereocenters. The highest BCUT2D eigenvalue weighted by Gasteiger charge is 2.03. The molecule has 2 nitrogen and oxygen atoms in total. The highest BCUT2D eigenvalue weighted by atomic mass is 32.1. The molecule has 0 saturated heterocycles. The summed E-state index contributed by atoms with van der Waals surface area (Å²) >= 11 is 9.28. The van der Waals surface area contributed by atoms with Gasteiger partial charge in [-0.1, -0.05) is 24.3 Å². The Labute approximate surface area is 135 Å². The molecule has 21 heavy (non-hydrogen) atoms. The van der Waals surface area contributed by atoms with Crippen LogP contribution in [-0.4, -0.2) is 10.3 Å². The maximum atomic E-state index is 4.64. The fourth-order valence-corrected chi connectivity index (χ4v) is 2.44. The second kappa shape index (κ2) is 7.16. The third-order valence-electron chi connectivity index (χ3n) is 3.26. The van der Waals surface area contributed by atoms with Crippen LogP contribution < -0.4 is 0 Å². The summed E-state index contributed by atoms with van der Waals surface area (Å²) < 4.78 is 0. The first-order valence-electron chi connectivity index (χ1n) is 6.49. The standard InChI is InChI=1S/C17H14N2S2/c1-12-7-14(3-5-16(12)18-10-20)9-15-4-6-17(19-11-21)13(2)8-15/h3-8H,9H2,1-2H3. The average molecular weight is 310 g/mol. The Morgan fingerprint density at radius 2 is 1.24 bits per heavy atom. The number of aryl methyl sites for hydroxylation is 2. The molecule has 0 aliphatic rings. The molecule has 0 aromatic heterocycles. The molecule has 2 rings (SSSR count). The minimum absolute atomic E-state index is 0.866. The van der Waals surface area contributed by atoms with Crippen molar-refractivity contribution in [2.45, 2.75) is 20.3 Å². The maximum absolute atomic E-state index is 4.64. The Morgan fingerprint density at radius 3 is 1.57 bits per heavy atom. The first kappa shape index (κ1) is 15.4. The summed E-state index contributed by atoms with van der Waals surface area (Å²) in [4.78, 5) is 8.07. The van der Waals surface area contributed by atoms with Gasteiger partial charge in [-0.15, -0.1) is 0 Å². The number of benzene rings is 2. The summed E-state index contributed by atoms with van der Waals surface area (Å²) in [7, 11) is 0. The van der Waals surface area contributed by atoms with Crippen LogP contribution in [0.2, 0.25) is 0 Å². The van der Waals surface area contributed by atoms with Crippen molar-refractivity contribution < 1.29 is 0 Å². The molecule has 104 valence electrons. The van der Waals surface area contributed by atoms with E-state index in [0.717, 1.165) is 28.9 Å². The van der Waals surface area contributed by atoms with Crippen molar-refractivity contribution in [3.8, 4) is 0 Å². The molecule has 0 N–H and O–H groups in total. The number of aliphatic imine (C=N–C) groups is 2. The summed E-state index contributed by atoms with van der Waals surface area (Å²) in [6, 6.07) is 12.3. The molecular weight excluding hydrogens is 296 g/mol. The molecule has 2 aromatic rings. The number of hydrogen-bond acceptors (Lipinski definition) is 4. The highest BCUT2D eigenvalue weighted by molar-refractivity contribution is 7.78. The molecule has 0 aliphatic heterocycles. The summed E-state index contributed by atoms with van der Waals surface area (Å²) in [5.74, 6) is 0. The largest absolute Gasteiger partial charge is 0.194 e. The van der Waals surface area contributed by atoms with E-state index in [0.29, 0.717) is 0 Å². The Balaban J connectivity index is 2.26. The zero-order valence-electron chi connectivity index (χ0n) is 11.9. The molecule has 0 heterocycles. The second-order valence-corrected chi connectivity index (χ2v) is 5.19. The third kappa shape index (κ3) is 4.01. The van der Waals surface area contributed by atoms with Crippen LogP contribution in [-0.2, 0) is 6.42 Å². The van der Waals surface area contributed by atoms with Crippen molar-refractivity contribution in [3.63, 3.8) is 0 Å². The lowest BCUT2D eigenvalue weighted by Crippen LogP contribution is -1.90. The number of thiocarbonyl (C=S) groups is 2. The first-order chi connectivity index (χ1) is 10.1. The number of hydrogen-bond donors (Lipinski definition) is 0. The maximum Gasteiger partial charge on any atom is 0.0768 e. The van der Waals surface area contributed by atoms with Gasteiger partial charge in [0.1, 0.15) is 0 Å². The van der Waals surface area contributed by atoms with Gasteiger partial charge in [-0.05, 0) is 79.1 Å². The predicted molar refractivity (Wildman–Crippen MR) is 94.5 cm³/mol. The molecule has 4 heteroatoms. The number of isothiocyanates is 2. The Kier molecular flexibility index (Phi) is 5.26. The van der Waals surface area contributed by atoms with E-state index in [1.807, 2.05) is 26.0 Å². The van der Waals surface area contributed by atoms with E-state index in [2.05, 4.69) is 69.0 Å². The minimum atomic E-state index is 0.866. The van der Waals surface area contributed by atoms with Crippen LogP contribution in [0.15, 0.2) is 46.4 Å². The van der Waals surface area contributed by atoms with Gasteiger partial charge in [0.25, 0.3) is 0 Å². The monoisotopic (exact) mass is 310 g/mol. The van der Waals surface area contributed by atoms with Gasteiger partial charge < -0.3 is 0 Å². The van der Waals surface area contributed by atoms with Crippen LogP contribution in [0.5, 0.6) is 0 Å². The van der Waals surface area contributed by atoms with Crippen LogP contribution >= 0.6 is 24.4 Å². The normalized spacial score (nSPS) is 9.62. The smallest absolute Gasteiger partial charge is 0.0768 e. The molecule has 0 radical (unpaired) electrons. The van der Waals surface area contributed by atoms with E-state index in [4.69, 9.17) is 0 Å². The molecule has 2 aromatic carbocycles. The number of nitrogens with zero attached hydrogens (tertiary/aromatic N) is 2. The molecule has 0 fully saturated rings. The van der Waals surface area contributed by atoms with Crippen molar-refractivity contribution in [1.29, 1.82) is 0 Å². The molecule has 0 amide bonds. The minimum Gasteiger partial charge on any atom is -0.194 e. The van der Waals surface area contributed by atoms with Gasteiger partial charge in [-0.25, -0.2) is 0 Å². The zero-order valence-corrected chi connectivity index (χ0v) is 13.5. The number of rotatable bonds is 4. The fraction of sp³-hybridized carbons (Fsp3) is 0.176. The van der Waals surface area contributed by atoms with Gasteiger partial charge >= 0.3 is 0 Å². The lowest BCUT2D eigenvalue weighted by atomic mass is 10.0. The van der Waals surface area contributed by atoms with Gasteiger partial charge in [-0.3, -0.25) is 0 Å². The quantitative estimate of drug-likeness (QED) is 0.560. The van der Waals surface area contributed by atoms with Crippen LogP contribution in [0.1, 0.15) is 22.3 Å². The van der Waals surface area contributed by atoms with Gasteiger partial charge in [0.2, 0.25) is 0 Å². The van der Waals surface area contributed by atoms with E-state index in [1.54, 1.807) is 0 Å². The summed E-state index contributed by atoms with van der Waals surface area (Å²) in [5, 5.41) is 4.81. The van der Waals surface area contributed by atoms with Crippen molar-refractivity contribution in [2.24, 2.45) is 9.98 Å². The lowest BCUT2D eigenvalue weighted by Gasteiger charge is -2.07. The van der Waals surface area contributed by atoms with E-state index in [-0.39, 0.29) is 0 Å². The fourth-order valence-electron chi connectivity index (χ4n) is 2.24. The lowest BCUT2D eigenvalue weighted by molar-refractivity contribution is 1.17. The average Bonchev–Trinajstić information content (AvgIpc) is 2.45. The Morgan fingerprint density at radius 1 is 0.810 bits per heavy atom. The van der Waals surface area contributed by atoms with Gasteiger partial charge in [0.15, 0.2) is 0 Å². The van der Waals surface area contributed by atoms with Gasteiger partial charge in [-0.2, -0.15) is 9.98 Å². The molecule has 0 aliphatic carbocycles. The van der Waals surface area contributed by atoms with E-state index in [9.17, 15) is 0 Å². The van der Waals surface area contributed by atoms with Crippen molar-refractivity contribution >= 4 is 46.1 Å².